The summed E-state index contributed by atoms with van der Waals surface area (Å²) in [6, 6.07) is 6.90. The average molecular weight is 242 g/mol. The zero-order chi connectivity index (χ0) is 9.84. The van der Waals surface area contributed by atoms with Crippen LogP contribution in [0.15, 0.2) is 22.7 Å². The van der Waals surface area contributed by atoms with Gasteiger partial charge in [0.2, 0.25) is 0 Å². The molecule has 0 radical (unpaired) electrons. The predicted octanol–water partition coefficient (Wildman–Crippen LogP) is 3.43. The third-order valence-corrected chi connectivity index (χ3v) is 2.87. The molecule has 1 atom stereocenters. The number of aryl methyl sites for hydroxylation is 1. The Labute approximate surface area is 88.7 Å². The summed E-state index contributed by atoms with van der Waals surface area (Å²) < 4.78 is 1.15. The lowest BCUT2D eigenvalue weighted by Gasteiger charge is -2.17. The van der Waals surface area contributed by atoms with Gasteiger partial charge in [-0.25, -0.2) is 0 Å². The second-order valence-electron chi connectivity index (χ2n) is 3.25. The van der Waals surface area contributed by atoms with E-state index in [0.717, 1.165) is 10.9 Å². The molecule has 1 nitrogen and oxygen atoms in total. The van der Waals surface area contributed by atoms with Gasteiger partial charge >= 0.3 is 0 Å². The summed E-state index contributed by atoms with van der Waals surface area (Å²) in [7, 11) is 2.01. The zero-order valence-corrected chi connectivity index (χ0v) is 9.98. The number of halogens is 1. The highest BCUT2D eigenvalue weighted by Crippen LogP contribution is 2.23. The minimum atomic E-state index is 0.470. The fraction of sp³-hybridized carbons (Fsp3) is 0.455. The van der Waals surface area contributed by atoms with Crippen molar-refractivity contribution in [2.24, 2.45) is 0 Å². The van der Waals surface area contributed by atoms with Crippen LogP contribution in [-0.4, -0.2) is 7.05 Å². The number of rotatable bonds is 3. The number of hydrogen-bond donors (Lipinski definition) is 1. The summed E-state index contributed by atoms with van der Waals surface area (Å²) in [6.07, 6.45) is 1.12. The topological polar surface area (TPSA) is 12.0 Å². The van der Waals surface area contributed by atoms with E-state index in [1.165, 1.54) is 11.1 Å². The minimum absolute atomic E-state index is 0.470. The first kappa shape index (κ1) is 10.7. The van der Waals surface area contributed by atoms with Crippen molar-refractivity contribution in [3.63, 3.8) is 0 Å². The first-order chi connectivity index (χ1) is 6.19. The maximum Gasteiger partial charge on any atom is 0.0317 e. The van der Waals surface area contributed by atoms with Gasteiger partial charge in [0, 0.05) is 10.5 Å². The molecule has 0 bridgehead atoms. The maximum atomic E-state index is 3.50. The molecule has 0 aromatic heterocycles. The van der Waals surface area contributed by atoms with E-state index < -0.39 is 0 Å². The highest BCUT2D eigenvalue weighted by molar-refractivity contribution is 9.10. The van der Waals surface area contributed by atoms with Gasteiger partial charge in [-0.3, -0.25) is 0 Å². The Bertz CT molecular complexity index is 279. The molecular formula is C11H16BrN. The molecule has 2 heteroatoms. The van der Waals surface area contributed by atoms with Gasteiger partial charge in [0.25, 0.3) is 0 Å². The Balaban J connectivity index is 3.03. The lowest BCUT2D eigenvalue weighted by molar-refractivity contribution is 0.574. The van der Waals surface area contributed by atoms with E-state index in [4.69, 9.17) is 0 Å². The van der Waals surface area contributed by atoms with Crippen LogP contribution in [0.4, 0.5) is 0 Å². The van der Waals surface area contributed by atoms with Crippen LogP contribution in [0.5, 0.6) is 0 Å². The monoisotopic (exact) mass is 241 g/mol. The van der Waals surface area contributed by atoms with Crippen molar-refractivity contribution in [1.82, 2.24) is 5.32 Å². The fourth-order valence-corrected chi connectivity index (χ4v) is 1.95. The Hall–Kier alpha value is -0.340. The first-order valence-electron chi connectivity index (χ1n) is 4.62. The Morgan fingerprint density at radius 1 is 1.46 bits per heavy atom. The highest BCUT2D eigenvalue weighted by atomic mass is 79.9. The molecule has 0 saturated heterocycles. The largest absolute Gasteiger partial charge is 0.313 e. The molecule has 1 unspecified atom stereocenters. The van der Waals surface area contributed by atoms with Crippen molar-refractivity contribution < 1.29 is 0 Å². The van der Waals surface area contributed by atoms with Gasteiger partial charge in [-0.05, 0) is 43.7 Å². The van der Waals surface area contributed by atoms with E-state index in [9.17, 15) is 0 Å². The summed E-state index contributed by atoms with van der Waals surface area (Å²) in [4.78, 5) is 0. The molecule has 1 rings (SSSR count). The number of hydrogen-bond acceptors (Lipinski definition) is 1. The lowest BCUT2D eigenvalue weighted by atomic mass is 10.00. The van der Waals surface area contributed by atoms with Crippen molar-refractivity contribution in [2.45, 2.75) is 26.3 Å². The van der Waals surface area contributed by atoms with Gasteiger partial charge in [-0.2, -0.15) is 0 Å². The second-order valence-corrected chi connectivity index (χ2v) is 4.17. The summed E-state index contributed by atoms with van der Waals surface area (Å²) >= 11 is 3.50. The molecule has 0 aliphatic carbocycles. The third kappa shape index (κ3) is 2.55. The molecule has 0 saturated carbocycles. The molecule has 1 aromatic rings. The fourth-order valence-electron chi connectivity index (χ4n) is 1.57. The van der Waals surface area contributed by atoms with Crippen molar-refractivity contribution >= 4 is 15.9 Å². The molecule has 0 aliphatic heterocycles. The van der Waals surface area contributed by atoms with Crippen LogP contribution in [0.1, 0.15) is 30.5 Å². The maximum absolute atomic E-state index is 3.50. The van der Waals surface area contributed by atoms with Crippen LogP contribution in [0.25, 0.3) is 0 Å². The molecule has 1 aromatic carbocycles. The molecule has 72 valence electrons. The molecule has 0 amide bonds. The molecular weight excluding hydrogens is 226 g/mol. The third-order valence-electron chi connectivity index (χ3n) is 2.37. The van der Waals surface area contributed by atoms with Crippen LogP contribution in [0.2, 0.25) is 0 Å². The van der Waals surface area contributed by atoms with Crippen LogP contribution in [0.3, 0.4) is 0 Å². The molecule has 0 aliphatic rings. The van der Waals surface area contributed by atoms with Crippen molar-refractivity contribution in [2.75, 3.05) is 7.05 Å². The van der Waals surface area contributed by atoms with Crippen LogP contribution in [0, 0.1) is 6.92 Å². The van der Waals surface area contributed by atoms with Crippen molar-refractivity contribution in [3.05, 3.63) is 33.8 Å². The van der Waals surface area contributed by atoms with Crippen molar-refractivity contribution in [1.29, 1.82) is 0 Å². The second kappa shape index (κ2) is 4.77. The quantitative estimate of drug-likeness (QED) is 0.856. The van der Waals surface area contributed by atoms with Gasteiger partial charge < -0.3 is 5.32 Å². The van der Waals surface area contributed by atoms with E-state index in [2.05, 4.69) is 53.3 Å². The Kier molecular flexibility index (Phi) is 3.94. The minimum Gasteiger partial charge on any atom is -0.313 e. The average Bonchev–Trinajstić information content (AvgIpc) is 2.13. The zero-order valence-electron chi connectivity index (χ0n) is 8.39. The summed E-state index contributed by atoms with van der Waals surface area (Å²) in [5.41, 5.74) is 2.74. The van der Waals surface area contributed by atoms with Gasteiger partial charge in [-0.1, -0.05) is 28.9 Å². The summed E-state index contributed by atoms with van der Waals surface area (Å²) in [6.45, 7) is 4.35. The van der Waals surface area contributed by atoms with Crippen LogP contribution in [-0.2, 0) is 0 Å². The van der Waals surface area contributed by atoms with E-state index in [-0.39, 0.29) is 0 Å². The highest BCUT2D eigenvalue weighted by Gasteiger charge is 2.09. The summed E-state index contributed by atoms with van der Waals surface area (Å²) in [5, 5.41) is 3.32. The van der Waals surface area contributed by atoms with Gasteiger partial charge in [0.1, 0.15) is 0 Å². The van der Waals surface area contributed by atoms with E-state index >= 15 is 0 Å². The Morgan fingerprint density at radius 2 is 2.15 bits per heavy atom. The lowest BCUT2D eigenvalue weighted by Crippen LogP contribution is -2.16. The van der Waals surface area contributed by atoms with Crippen LogP contribution >= 0.6 is 15.9 Å². The molecule has 1 N–H and O–H groups in total. The first-order valence-corrected chi connectivity index (χ1v) is 5.41. The molecule has 0 fully saturated rings. The standard InChI is InChI=1S/C11H16BrN/c1-4-11(13-3)10-7-9(12)6-5-8(10)2/h5-7,11,13H,4H2,1-3H3. The van der Waals surface area contributed by atoms with Gasteiger partial charge in [-0.15, -0.1) is 0 Å². The van der Waals surface area contributed by atoms with Gasteiger partial charge in [0.05, 0.1) is 0 Å². The number of nitrogens with one attached hydrogen (secondary N) is 1. The van der Waals surface area contributed by atoms with Crippen LogP contribution < -0.4 is 5.32 Å². The number of benzene rings is 1. The van der Waals surface area contributed by atoms with E-state index in [1.54, 1.807) is 0 Å². The molecule has 0 spiro atoms. The predicted molar refractivity (Wildman–Crippen MR) is 61.0 cm³/mol. The molecule has 13 heavy (non-hydrogen) atoms. The normalized spacial score (nSPS) is 12.9. The smallest absolute Gasteiger partial charge is 0.0317 e. The van der Waals surface area contributed by atoms with E-state index in [1.807, 2.05) is 7.05 Å². The van der Waals surface area contributed by atoms with Gasteiger partial charge in [0.15, 0.2) is 0 Å². The van der Waals surface area contributed by atoms with E-state index in [0.29, 0.717) is 6.04 Å². The molecule has 0 heterocycles. The summed E-state index contributed by atoms with van der Waals surface area (Å²) in [5.74, 6) is 0. The van der Waals surface area contributed by atoms with Crippen molar-refractivity contribution in [3.8, 4) is 0 Å². The SMILES string of the molecule is CCC(NC)c1cc(Br)ccc1C. The Morgan fingerprint density at radius 3 is 2.69 bits per heavy atom.